The number of nitrogens with zero attached hydrogens (tertiary/aromatic N) is 1. The first-order valence-electron chi connectivity index (χ1n) is 10.3. The highest BCUT2D eigenvalue weighted by molar-refractivity contribution is 14.1. The number of benzene rings is 3. The fourth-order valence-electron chi connectivity index (χ4n) is 3.27. The third-order valence-electron chi connectivity index (χ3n) is 5.10. The van der Waals surface area contributed by atoms with E-state index in [2.05, 4.69) is 98.7 Å². The maximum absolute atomic E-state index is 12.4. The second-order valence-corrected chi connectivity index (χ2v) is 11.3. The van der Waals surface area contributed by atoms with Gasteiger partial charge in [0.1, 0.15) is 12.4 Å². The molecule has 3 aromatic rings. The average Bonchev–Trinajstić information content (AvgIpc) is 3.14. The van der Waals surface area contributed by atoms with Crippen molar-refractivity contribution in [2.24, 2.45) is 4.99 Å². The summed E-state index contributed by atoms with van der Waals surface area (Å²) in [6.45, 7) is 4.79. The highest BCUT2D eigenvalue weighted by Gasteiger charge is 2.24. The van der Waals surface area contributed by atoms with Gasteiger partial charge in [0.2, 0.25) is 5.90 Å². The summed E-state index contributed by atoms with van der Waals surface area (Å²) >= 11 is 6.84. The molecule has 0 saturated heterocycles. The van der Waals surface area contributed by atoms with E-state index in [1.54, 1.807) is 6.08 Å². The first-order chi connectivity index (χ1) is 15.8. The van der Waals surface area contributed by atoms with E-state index in [1.165, 1.54) is 9.13 Å². The fourth-order valence-corrected chi connectivity index (χ4v) is 5.94. The van der Waals surface area contributed by atoms with Gasteiger partial charge >= 0.3 is 5.97 Å². The molecule has 0 amide bonds. The molecule has 0 aliphatic carbocycles. The van der Waals surface area contributed by atoms with Gasteiger partial charge in [-0.15, -0.1) is 0 Å². The van der Waals surface area contributed by atoms with Gasteiger partial charge in [-0.05, 0) is 121 Å². The van der Waals surface area contributed by atoms with Crippen LogP contribution in [-0.2, 0) is 16.1 Å². The lowest BCUT2D eigenvalue weighted by atomic mass is 10.0. The Morgan fingerprint density at radius 2 is 1.64 bits per heavy atom. The van der Waals surface area contributed by atoms with Gasteiger partial charge in [-0.2, -0.15) is 0 Å². The molecular formula is C26H20I3NO3. The van der Waals surface area contributed by atoms with Gasteiger partial charge in [-0.1, -0.05) is 44.2 Å². The largest absolute Gasteiger partial charge is 0.487 e. The van der Waals surface area contributed by atoms with Gasteiger partial charge in [0.15, 0.2) is 5.70 Å². The van der Waals surface area contributed by atoms with Crippen molar-refractivity contribution >= 4 is 85.7 Å². The molecular weight excluding hydrogens is 755 g/mol. The quantitative estimate of drug-likeness (QED) is 0.148. The molecule has 0 spiro atoms. The summed E-state index contributed by atoms with van der Waals surface area (Å²) in [5, 5.41) is 0. The van der Waals surface area contributed by atoms with E-state index in [9.17, 15) is 4.79 Å². The molecule has 33 heavy (non-hydrogen) atoms. The Balaban J connectivity index is 1.54. The summed E-state index contributed by atoms with van der Waals surface area (Å²) in [4.78, 5) is 16.9. The maximum Gasteiger partial charge on any atom is 0.363 e. The summed E-state index contributed by atoms with van der Waals surface area (Å²) in [5.41, 5.74) is 4.33. The number of hydrogen-bond acceptors (Lipinski definition) is 4. The number of rotatable bonds is 6. The number of carbonyl (C=O) groups is 1. The number of aliphatic imine (C=N–C) groups is 1. The van der Waals surface area contributed by atoms with E-state index >= 15 is 0 Å². The highest BCUT2D eigenvalue weighted by atomic mass is 127. The molecule has 1 aliphatic rings. The molecule has 3 aromatic carbocycles. The van der Waals surface area contributed by atoms with Crippen LogP contribution in [0.2, 0.25) is 0 Å². The van der Waals surface area contributed by atoms with E-state index in [0.717, 1.165) is 29.6 Å². The average molecular weight is 775 g/mol. The Bertz CT molecular complexity index is 1240. The van der Waals surface area contributed by atoms with Gasteiger partial charge in [-0.3, -0.25) is 0 Å². The third kappa shape index (κ3) is 5.97. The van der Waals surface area contributed by atoms with E-state index < -0.39 is 5.97 Å². The number of halogens is 3. The topological polar surface area (TPSA) is 47.9 Å². The monoisotopic (exact) mass is 775 g/mol. The van der Waals surface area contributed by atoms with E-state index in [4.69, 9.17) is 9.47 Å². The first kappa shape index (κ1) is 24.6. The zero-order chi connectivity index (χ0) is 23.5. The van der Waals surface area contributed by atoms with Gasteiger partial charge in [0, 0.05) is 14.7 Å². The van der Waals surface area contributed by atoms with Crippen molar-refractivity contribution in [1.29, 1.82) is 0 Å². The van der Waals surface area contributed by atoms with Crippen LogP contribution in [0.25, 0.3) is 6.08 Å². The molecule has 1 aliphatic heterocycles. The van der Waals surface area contributed by atoms with Crippen LogP contribution in [0.4, 0.5) is 0 Å². The summed E-state index contributed by atoms with van der Waals surface area (Å²) in [5.74, 6) is 1.17. The predicted octanol–water partition coefficient (Wildman–Crippen LogP) is 7.55. The molecule has 0 radical (unpaired) electrons. The Morgan fingerprint density at radius 3 is 2.27 bits per heavy atom. The summed E-state index contributed by atoms with van der Waals surface area (Å²) < 4.78 is 14.7. The van der Waals surface area contributed by atoms with Crippen molar-refractivity contribution in [3.05, 3.63) is 99.3 Å². The minimum atomic E-state index is -0.443. The summed E-state index contributed by atoms with van der Waals surface area (Å²) in [7, 11) is 0. The minimum Gasteiger partial charge on any atom is -0.487 e. The molecule has 1 heterocycles. The summed E-state index contributed by atoms with van der Waals surface area (Å²) in [6.07, 6.45) is 1.76. The second kappa shape index (κ2) is 10.9. The van der Waals surface area contributed by atoms with Crippen LogP contribution in [-0.4, -0.2) is 11.9 Å². The van der Waals surface area contributed by atoms with Crippen molar-refractivity contribution in [2.75, 3.05) is 0 Å². The zero-order valence-corrected chi connectivity index (χ0v) is 24.4. The molecule has 0 atom stereocenters. The maximum atomic E-state index is 12.4. The first-order valence-corrected chi connectivity index (χ1v) is 13.5. The SMILES string of the molecule is CC(C)c1ccc(C2=N/C(=C\c3cc(I)c(OCc4ccccc4I)c(I)c3)C(=O)O2)cc1. The van der Waals surface area contributed by atoms with Crippen LogP contribution in [0.1, 0.15) is 42.0 Å². The van der Waals surface area contributed by atoms with Crippen molar-refractivity contribution < 1.29 is 14.3 Å². The van der Waals surface area contributed by atoms with Crippen LogP contribution in [0.5, 0.6) is 5.75 Å². The number of ether oxygens (including phenoxy) is 2. The van der Waals surface area contributed by atoms with Crippen LogP contribution < -0.4 is 4.74 Å². The molecule has 4 nitrogen and oxygen atoms in total. The van der Waals surface area contributed by atoms with E-state index in [0.29, 0.717) is 18.4 Å². The molecule has 4 rings (SSSR count). The standard InChI is InChI=1S/C26H20I3NO3/c1-15(2)17-7-9-18(10-8-17)25-30-23(26(31)33-25)13-16-11-21(28)24(22(29)12-16)32-14-19-5-3-4-6-20(19)27/h3-13,15H,14H2,1-2H3/b23-13-. The normalized spacial score (nSPS) is 14.5. The van der Waals surface area contributed by atoms with E-state index in [-0.39, 0.29) is 5.70 Å². The van der Waals surface area contributed by atoms with Crippen molar-refractivity contribution in [3.8, 4) is 5.75 Å². The Morgan fingerprint density at radius 1 is 0.970 bits per heavy atom. The highest BCUT2D eigenvalue weighted by Crippen LogP contribution is 2.31. The molecule has 0 N–H and O–H groups in total. The molecule has 0 saturated carbocycles. The zero-order valence-electron chi connectivity index (χ0n) is 17.9. The molecule has 7 heteroatoms. The van der Waals surface area contributed by atoms with Crippen LogP contribution >= 0.6 is 67.8 Å². The van der Waals surface area contributed by atoms with Crippen molar-refractivity contribution in [2.45, 2.75) is 26.4 Å². The van der Waals surface area contributed by atoms with E-state index in [1.807, 2.05) is 48.5 Å². The van der Waals surface area contributed by atoms with Crippen LogP contribution in [0.3, 0.4) is 0 Å². The lowest BCUT2D eigenvalue weighted by Gasteiger charge is -2.12. The number of hydrogen-bond donors (Lipinski definition) is 0. The summed E-state index contributed by atoms with van der Waals surface area (Å²) in [6, 6.07) is 20.1. The Labute approximate surface area is 234 Å². The fraction of sp³-hybridized carbons (Fsp3) is 0.154. The van der Waals surface area contributed by atoms with Gasteiger partial charge in [0.05, 0.1) is 7.14 Å². The second-order valence-electron chi connectivity index (χ2n) is 7.81. The van der Waals surface area contributed by atoms with Gasteiger partial charge in [0.25, 0.3) is 0 Å². The number of carbonyl (C=O) groups excluding carboxylic acids is 1. The molecule has 0 unspecified atom stereocenters. The van der Waals surface area contributed by atoms with Crippen LogP contribution in [0.15, 0.2) is 71.4 Å². The number of cyclic esters (lactones) is 1. The smallest absolute Gasteiger partial charge is 0.363 e. The Kier molecular flexibility index (Phi) is 8.11. The Hall–Kier alpha value is -1.47. The molecule has 0 fully saturated rings. The van der Waals surface area contributed by atoms with Gasteiger partial charge in [-0.25, -0.2) is 9.79 Å². The van der Waals surface area contributed by atoms with Crippen molar-refractivity contribution in [1.82, 2.24) is 0 Å². The minimum absolute atomic E-state index is 0.289. The lowest BCUT2D eigenvalue weighted by Crippen LogP contribution is -2.05. The molecule has 0 bridgehead atoms. The van der Waals surface area contributed by atoms with Crippen molar-refractivity contribution in [3.63, 3.8) is 0 Å². The van der Waals surface area contributed by atoms with Crippen LogP contribution in [0, 0.1) is 10.7 Å². The molecule has 0 aromatic heterocycles. The molecule has 168 valence electrons. The number of esters is 1. The third-order valence-corrected chi connectivity index (χ3v) is 7.75. The lowest BCUT2D eigenvalue weighted by molar-refractivity contribution is -0.129. The predicted molar refractivity (Wildman–Crippen MR) is 157 cm³/mol. The van der Waals surface area contributed by atoms with Gasteiger partial charge < -0.3 is 9.47 Å².